The summed E-state index contributed by atoms with van der Waals surface area (Å²) in [5.74, 6) is -0.173. The van der Waals surface area contributed by atoms with Gasteiger partial charge in [-0.2, -0.15) is 0 Å². The second kappa shape index (κ2) is 9.57. The van der Waals surface area contributed by atoms with Crippen molar-refractivity contribution in [1.29, 1.82) is 0 Å². The first-order valence-corrected chi connectivity index (χ1v) is 12.5. The van der Waals surface area contributed by atoms with E-state index >= 15 is 0 Å². The van der Waals surface area contributed by atoms with Crippen molar-refractivity contribution in [2.24, 2.45) is 0 Å². The predicted octanol–water partition coefficient (Wildman–Crippen LogP) is 5.07. The topological polar surface area (TPSA) is 82.1 Å². The second-order valence-corrected chi connectivity index (χ2v) is 10.7. The van der Waals surface area contributed by atoms with Crippen LogP contribution in [0.15, 0.2) is 53.4 Å². The molecule has 31 heavy (non-hydrogen) atoms. The highest BCUT2D eigenvalue weighted by Gasteiger charge is 2.51. The van der Waals surface area contributed by atoms with Crippen LogP contribution in [0.1, 0.15) is 41.5 Å². The molecular weight excluding hydrogens is 437 g/mol. The molecule has 2 aromatic carbocycles. The van der Waals surface area contributed by atoms with Crippen LogP contribution in [-0.2, 0) is 13.6 Å². The summed E-state index contributed by atoms with van der Waals surface area (Å²) < 4.78 is 29.6. The van der Waals surface area contributed by atoms with E-state index in [1.54, 1.807) is 64.3 Å². The number of methoxy groups -OCH3 is 1. The Morgan fingerprint density at radius 3 is 1.90 bits per heavy atom. The Balaban J connectivity index is 2.04. The van der Waals surface area contributed by atoms with E-state index in [4.69, 9.17) is 13.8 Å². The zero-order chi connectivity index (χ0) is 22.6. The summed E-state index contributed by atoms with van der Waals surface area (Å²) in [6.45, 7) is 5.53. The van der Waals surface area contributed by atoms with E-state index in [0.717, 1.165) is 4.90 Å². The normalized spacial score (nSPS) is 15.7. The van der Waals surface area contributed by atoms with Gasteiger partial charge in [-0.25, -0.2) is 0 Å². The van der Waals surface area contributed by atoms with Crippen LogP contribution in [0.4, 0.5) is 0 Å². The van der Waals surface area contributed by atoms with Gasteiger partial charge in [0.25, 0.3) is 11.8 Å². The summed E-state index contributed by atoms with van der Waals surface area (Å²) in [5.41, 5.74) is 0.661. The fourth-order valence-corrected chi connectivity index (χ4v) is 7.22. The summed E-state index contributed by atoms with van der Waals surface area (Å²) in [7, 11) is -2.01. The standard InChI is InChI=1S/C22H26NO6PS/c1-5-28-30(26,29-6-2)15-22(3,31-17-13-11-16(27-4)12-14-17)23-20(24)18-9-7-8-10-19(18)21(23)25/h7-14H,5-6,15H2,1-4H3. The number of hydrogen-bond donors (Lipinski definition) is 0. The number of fused-ring (bicyclic) bond motifs is 1. The highest BCUT2D eigenvalue weighted by molar-refractivity contribution is 8.01. The van der Waals surface area contributed by atoms with E-state index in [2.05, 4.69) is 0 Å². The maximum Gasteiger partial charge on any atom is 0.333 e. The number of amides is 2. The van der Waals surface area contributed by atoms with Crippen LogP contribution in [0.3, 0.4) is 0 Å². The van der Waals surface area contributed by atoms with E-state index in [0.29, 0.717) is 16.9 Å². The molecule has 0 N–H and O–H groups in total. The van der Waals surface area contributed by atoms with Crippen LogP contribution in [0, 0.1) is 0 Å². The first-order chi connectivity index (χ1) is 14.8. The molecule has 9 heteroatoms. The Labute approximate surface area is 186 Å². The number of rotatable bonds is 10. The van der Waals surface area contributed by atoms with Gasteiger partial charge in [0.1, 0.15) is 10.6 Å². The van der Waals surface area contributed by atoms with Crippen molar-refractivity contribution >= 4 is 31.2 Å². The number of nitrogens with zero attached hydrogens (tertiary/aromatic N) is 1. The van der Waals surface area contributed by atoms with Crippen LogP contribution in [-0.4, -0.2) is 48.1 Å². The zero-order valence-corrected chi connectivity index (χ0v) is 19.7. The van der Waals surface area contributed by atoms with Gasteiger partial charge in [-0.15, -0.1) is 0 Å². The Hall–Kier alpha value is -2.12. The maximum absolute atomic E-state index is 13.4. The average molecular weight is 463 g/mol. The lowest BCUT2D eigenvalue weighted by atomic mass is 10.1. The molecule has 7 nitrogen and oxygen atoms in total. The summed E-state index contributed by atoms with van der Waals surface area (Å²) in [5, 5.41) is 0. The van der Waals surface area contributed by atoms with E-state index in [9.17, 15) is 14.2 Å². The first-order valence-electron chi connectivity index (χ1n) is 9.96. The number of hydrogen-bond acceptors (Lipinski definition) is 7. The molecular formula is C22H26NO6PS. The lowest BCUT2D eigenvalue weighted by molar-refractivity contribution is 0.0579. The number of thioether (sulfide) groups is 1. The molecule has 2 aromatic rings. The average Bonchev–Trinajstić information content (AvgIpc) is 3.00. The number of carbonyl (C=O) groups is 2. The van der Waals surface area contributed by atoms with Crippen molar-refractivity contribution in [3.8, 4) is 5.75 Å². The monoisotopic (exact) mass is 463 g/mol. The molecule has 0 saturated carbocycles. The molecule has 0 spiro atoms. The molecule has 0 radical (unpaired) electrons. The molecule has 0 bridgehead atoms. The third kappa shape index (κ3) is 4.88. The molecule has 1 unspecified atom stereocenters. The van der Waals surface area contributed by atoms with E-state index in [1.165, 1.54) is 16.7 Å². The van der Waals surface area contributed by atoms with Gasteiger partial charge in [-0.05, 0) is 57.2 Å². The van der Waals surface area contributed by atoms with Gasteiger partial charge in [0, 0.05) is 4.90 Å². The molecule has 2 amide bonds. The summed E-state index contributed by atoms with van der Waals surface area (Å²) in [4.78, 5) is 27.2. The Morgan fingerprint density at radius 2 is 1.45 bits per heavy atom. The summed E-state index contributed by atoms with van der Waals surface area (Å²) in [6, 6.07) is 13.9. The van der Waals surface area contributed by atoms with Crippen molar-refractivity contribution in [1.82, 2.24) is 4.90 Å². The number of benzene rings is 2. The van der Waals surface area contributed by atoms with Crippen LogP contribution >= 0.6 is 19.4 Å². The van der Waals surface area contributed by atoms with Crippen molar-refractivity contribution in [3.63, 3.8) is 0 Å². The molecule has 3 rings (SSSR count). The lowest BCUT2D eigenvalue weighted by Crippen LogP contribution is -2.50. The molecule has 0 aromatic heterocycles. The third-order valence-electron chi connectivity index (χ3n) is 4.80. The first kappa shape index (κ1) is 23.5. The van der Waals surface area contributed by atoms with Crippen LogP contribution in [0.25, 0.3) is 0 Å². The number of imide groups is 1. The number of ether oxygens (including phenoxy) is 1. The quantitative estimate of drug-likeness (QED) is 0.277. The van der Waals surface area contributed by atoms with Gasteiger partial charge in [0.2, 0.25) is 0 Å². The fraction of sp³-hybridized carbons (Fsp3) is 0.364. The van der Waals surface area contributed by atoms with Crippen molar-refractivity contribution in [2.45, 2.75) is 30.5 Å². The van der Waals surface area contributed by atoms with Gasteiger partial charge in [-0.1, -0.05) is 23.9 Å². The van der Waals surface area contributed by atoms with E-state index < -0.39 is 24.3 Å². The van der Waals surface area contributed by atoms with Crippen LogP contribution < -0.4 is 4.74 Å². The number of carbonyl (C=O) groups excluding carboxylic acids is 2. The predicted molar refractivity (Wildman–Crippen MR) is 120 cm³/mol. The van der Waals surface area contributed by atoms with Gasteiger partial charge < -0.3 is 13.8 Å². The Morgan fingerprint density at radius 1 is 0.935 bits per heavy atom. The van der Waals surface area contributed by atoms with Gasteiger partial charge in [0.05, 0.1) is 37.6 Å². The highest BCUT2D eigenvalue weighted by atomic mass is 32.2. The van der Waals surface area contributed by atoms with Gasteiger partial charge in [-0.3, -0.25) is 19.1 Å². The molecule has 1 aliphatic heterocycles. The highest BCUT2D eigenvalue weighted by Crippen LogP contribution is 2.55. The molecule has 0 aliphatic carbocycles. The maximum atomic E-state index is 13.4. The largest absolute Gasteiger partial charge is 0.497 e. The zero-order valence-electron chi connectivity index (χ0n) is 18.0. The minimum atomic E-state index is -3.59. The Bertz CT molecular complexity index is 966. The Kier molecular flexibility index (Phi) is 7.27. The van der Waals surface area contributed by atoms with Crippen molar-refractivity contribution in [3.05, 3.63) is 59.7 Å². The van der Waals surface area contributed by atoms with Crippen LogP contribution in [0.2, 0.25) is 0 Å². The molecule has 1 aliphatic rings. The molecule has 1 atom stereocenters. The smallest absolute Gasteiger partial charge is 0.333 e. The molecule has 0 saturated heterocycles. The van der Waals surface area contributed by atoms with E-state index in [-0.39, 0.29) is 19.4 Å². The molecule has 1 heterocycles. The lowest BCUT2D eigenvalue weighted by Gasteiger charge is -2.38. The minimum absolute atomic E-state index is 0.149. The van der Waals surface area contributed by atoms with Crippen molar-refractivity contribution < 1.29 is 27.9 Å². The summed E-state index contributed by atoms with van der Waals surface area (Å²) in [6.07, 6.45) is -0.149. The molecule has 0 fully saturated rings. The molecule has 166 valence electrons. The SMILES string of the molecule is CCOP(=O)(CC(C)(Sc1ccc(OC)cc1)N1C(=O)c2ccccc2C1=O)OCC. The minimum Gasteiger partial charge on any atom is -0.497 e. The van der Waals surface area contributed by atoms with Crippen molar-refractivity contribution in [2.75, 3.05) is 26.5 Å². The van der Waals surface area contributed by atoms with Gasteiger partial charge in [0.15, 0.2) is 0 Å². The van der Waals surface area contributed by atoms with Crippen LogP contribution in [0.5, 0.6) is 5.75 Å². The third-order valence-corrected chi connectivity index (χ3v) is 8.60. The van der Waals surface area contributed by atoms with Gasteiger partial charge >= 0.3 is 7.60 Å². The second-order valence-electron chi connectivity index (χ2n) is 7.05. The summed E-state index contributed by atoms with van der Waals surface area (Å²) >= 11 is 1.26. The fourth-order valence-electron chi connectivity index (χ4n) is 3.55. The van der Waals surface area contributed by atoms with E-state index in [1.807, 2.05) is 12.1 Å².